The Morgan fingerprint density at radius 2 is 1.49 bits per heavy atom. The fourth-order valence-corrected chi connectivity index (χ4v) is 5.64. The number of rotatable bonds is 11. The van der Waals surface area contributed by atoms with Crippen LogP contribution in [0.4, 0.5) is 10.1 Å². The molecule has 1 aliphatic rings. The number of ether oxygens (including phenoxy) is 1. The van der Waals surface area contributed by atoms with E-state index in [4.69, 9.17) is 9.57 Å². The van der Waals surface area contributed by atoms with Gasteiger partial charge in [-0.15, -0.1) is 0 Å². The Kier molecular flexibility index (Phi) is 9.63. The molecule has 45 heavy (non-hydrogen) atoms. The van der Waals surface area contributed by atoms with Crippen LogP contribution in [-0.2, 0) is 35.7 Å². The average Bonchev–Trinajstić information content (AvgIpc) is 3.08. The summed E-state index contributed by atoms with van der Waals surface area (Å²) in [6.45, 7) is 1.64. The van der Waals surface area contributed by atoms with Crippen LogP contribution in [0.5, 0.6) is 5.75 Å². The number of nitrogens with zero attached hydrogens (tertiary/aromatic N) is 1. The predicted molar refractivity (Wildman–Crippen MR) is 176 cm³/mol. The summed E-state index contributed by atoms with van der Waals surface area (Å²) in [6, 6.07) is 41.2. The molecule has 1 N–H and O–H groups in total. The lowest BCUT2D eigenvalue weighted by Gasteiger charge is -2.39. The van der Waals surface area contributed by atoms with Crippen LogP contribution in [0.1, 0.15) is 39.4 Å². The molecule has 5 nitrogen and oxygen atoms in total. The van der Waals surface area contributed by atoms with Gasteiger partial charge in [-0.25, -0.2) is 9.87 Å². The standard InChI is InChI=1S/C39H35FN2O3/c40-34-16-18-35(19-17-34)42-24-23-33-26-36(44-27-31-7-3-1-4-8-31)20-21-37(33)38(42)25-30-13-11-29(12-14-30)15-22-39(43)41-45-28-32-9-5-2-6-10-32/h1-22,26,38H,23-25,27-28H2,(H,41,43). The average molecular weight is 599 g/mol. The third-order valence-electron chi connectivity index (χ3n) is 7.97. The van der Waals surface area contributed by atoms with E-state index in [1.165, 1.54) is 29.3 Å². The lowest BCUT2D eigenvalue weighted by molar-refractivity contribution is -0.129. The van der Waals surface area contributed by atoms with Crippen LogP contribution in [0, 0.1) is 5.82 Å². The fraction of sp³-hybridized carbons (Fsp3) is 0.154. The molecule has 0 aliphatic carbocycles. The van der Waals surface area contributed by atoms with Gasteiger partial charge in [0, 0.05) is 18.3 Å². The molecule has 1 aliphatic heterocycles. The minimum Gasteiger partial charge on any atom is -0.489 e. The zero-order valence-corrected chi connectivity index (χ0v) is 24.9. The van der Waals surface area contributed by atoms with Gasteiger partial charge in [0.1, 0.15) is 18.2 Å². The van der Waals surface area contributed by atoms with Gasteiger partial charge in [0.25, 0.3) is 5.91 Å². The zero-order valence-electron chi connectivity index (χ0n) is 24.9. The highest BCUT2D eigenvalue weighted by molar-refractivity contribution is 5.90. The Morgan fingerprint density at radius 3 is 2.20 bits per heavy atom. The van der Waals surface area contributed by atoms with Crippen LogP contribution in [0.3, 0.4) is 0 Å². The van der Waals surface area contributed by atoms with E-state index in [0.717, 1.165) is 53.1 Å². The number of hydrogen-bond donors (Lipinski definition) is 1. The normalized spacial score (nSPS) is 14.2. The third kappa shape index (κ3) is 8.05. The van der Waals surface area contributed by atoms with E-state index in [9.17, 15) is 9.18 Å². The van der Waals surface area contributed by atoms with Crippen LogP contribution in [-0.4, -0.2) is 12.5 Å². The SMILES string of the molecule is O=C(C=Cc1ccc(CC2c3ccc(OCc4ccccc4)cc3CCN2c2ccc(F)cc2)cc1)NOCc1ccccc1. The molecule has 0 saturated heterocycles. The van der Waals surface area contributed by atoms with Crippen molar-refractivity contribution in [2.45, 2.75) is 32.1 Å². The highest BCUT2D eigenvalue weighted by Crippen LogP contribution is 2.37. The number of nitrogens with one attached hydrogen (secondary N) is 1. The second kappa shape index (κ2) is 14.5. The molecule has 1 unspecified atom stereocenters. The van der Waals surface area contributed by atoms with E-state index in [2.05, 4.69) is 46.8 Å². The largest absolute Gasteiger partial charge is 0.489 e. The molecule has 1 atom stereocenters. The van der Waals surface area contributed by atoms with Gasteiger partial charge in [0.2, 0.25) is 0 Å². The van der Waals surface area contributed by atoms with Crippen LogP contribution in [0.15, 0.2) is 133 Å². The number of carbonyl (C=O) groups excluding carboxylic acids is 1. The number of carbonyl (C=O) groups is 1. The van der Waals surface area contributed by atoms with Gasteiger partial charge in [-0.05, 0) is 88.7 Å². The van der Waals surface area contributed by atoms with Crippen molar-refractivity contribution in [3.05, 3.63) is 173 Å². The first-order chi connectivity index (χ1) is 22.1. The van der Waals surface area contributed by atoms with Crippen molar-refractivity contribution in [3.8, 4) is 5.75 Å². The van der Waals surface area contributed by atoms with Crippen molar-refractivity contribution in [1.82, 2.24) is 5.48 Å². The molecule has 5 aromatic rings. The first-order valence-corrected chi connectivity index (χ1v) is 15.2. The quantitative estimate of drug-likeness (QED) is 0.124. The van der Waals surface area contributed by atoms with Crippen LogP contribution in [0.2, 0.25) is 0 Å². The van der Waals surface area contributed by atoms with Gasteiger partial charge < -0.3 is 9.64 Å². The smallest absolute Gasteiger partial charge is 0.267 e. The highest BCUT2D eigenvalue weighted by Gasteiger charge is 2.28. The Bertz CT molecular complexity index is 1720. The number of hydrogen-bond acceptors (Lipinski definition) is 4. The summed E-state index contributed by atoms with van der Waals surface area (Å²) in [5.41, 5.74) is 10.2. The van der Waals surface area contributed by atoms with Crippen molar-refractivity contribution in [2.24, 2.45) is 0 Å². The van der Waals surface area contributed by atoms with Crippen molar-refractivity contribution >= 4 is 17.7 Å². The molecule has 226 valence electrons. The van der Waals surface area contributed by atoms with Crippen molar-refractivity contribution in [2.75, 3.05) is 11.4 Å². The van der Waals surface area contributed by atoms with Gasteiger partial charge in [-0.1, -0.05) is 91.0 Å². The monoisotopic (exact) mass is 598 g/mol. The molecule has 0 aromatic heterocycles. The molecule has 0 radical (unpaired) electrons. The highest BCUT2D eigenvalue weighted by atomic mass is 19.1. The molecule has 5 aromatic carbocycles. The summed E-state index contributed by atoms with van der Waals surface area (Å²) < 4.78 is 19.9. The maximum Gasteiger partial charge on any atom is 0.267 e. The molecule has 0 spiro atoms. The van der Waals surface area contributed by atoms with E-state index in [-0.39, 0.29) is 17.8 Å². The second-order valence-corrected chi connectivity index (χ2v) is 11.1. The van der Waals surface area contributed by atoms with Gasteiger partial charge in [0.05, 0.1) is 12.6 Å². The minimum absolute atomic E-state index is 0.0660. The summed E-state index contributed by atoms with van der Waals surface area (Å²) in [6.07, 6.45) is 4.87. The minimum atomic E-state index is -0.323. The van der Waals surface area contributed by atoms with Gasteiger partial charge in [-0.2, -0.15) is 0 Å². The van der Waals surface area contributed by atoms with Gasteiger partial charge in [-0.3, -0.25) is 9.63 Å². The topological polar surface area (TPSA) is 50.8 Å². The number of hydroxylamine groups is 1. The van der Waals surface area contributed by atoms with E-state index < -0.39 is 0 Å². The Balaban J connectivity index is 1.14. The maximum atomic E-state index is 13.8. The third-order valence-corrected chi connectivity index (χ3v) is 7.97. The molecule has 0 bridgehead atoms. The summed E-state index contributed by atoms with van der Waals surface area (Å²) in [5, 5.41) is 0. The molecule has 1 heterocycles. The van der Waals surface area contributed by atoms with Crippen LogP contribution < -0.4 is 15.1 Å². The number of benzene rings is 5. The molecular weight excluding hydrogens is 563 g/mol. The Hall–Kier alpha value is -5.20. The first kappa shape index (κ1) is 29.9. The lowest BCUT2D eigenvalue weighted by Crippen LogP contribution is -2.36. The van der Waals surface area contributed by atoms with Gasteiger partial charge >= 0.3 is 0 Å². The molecule has 0 fully saturated rings. The molecule has 0 saturated carbocycles. The summed E-state index contributed by atoms with van der Waals surface area (Å²) in [5.74, 6) is 0.293. The van der Waals surface area contributed by atoms with E-state index in [1.807, 2.05) is 78.9 Å². The zero-order chi connectivity index (χ0) is 30.8. The molecule has 1 amide bonds. The summed E-state index contributed by atoms with van der Waals surface area (Å²) in [7, 11) is 0. The Morgan fingerprint density at radius 1 is 0.800 bits per heavy atom. The maximum absolute atomic E-state index is 13.8. The number of halogens is 1. The summed E-state index contributed by atoms with van der Waals surface area (Å²) >= 11 is 0. The number of anilines is 1. The molecular formula is C39H35FN2O3. The van der Waals surface area contributed by atoms with Crippen molar-refractivity contribution in [3.63, 3.8) is 0 Å². The van der Waals surface area contributed by atoms with E-state index in [1.54, 1.807) is 6.08 Å². The predicted octanol–water partition coefficient (Wildman–Crippen LogP) is 8.01. The fourth-order valence-electron chi connectivity index (χ4n) is 5.64. The van der Waals surface area contributed by atoms with Crippen LogP contribution in [0.25, 0.3) is 6.08 Å². The number of amides is 1. The van der Waals surface area contributed by atoms with Crippen molar-refractivity contribution in [1.29, 1.82) is 0 Å². The Labute approximate surface area is 263 Å². The van der Waals surface area contributed by atoms with Gasteiger partial charge in [0.15, 0.2) is 0 Å². The first-order valence-electron chi connectivity index (χ1n) is 15.2. The van der Waals surface area contributed by atoms with Crippen molar-refractivity contribution < 1.29 is 18.8 Å². The lowest BCUT2D eigenvalue weighted by atomic mass is 9.88. The second-order valence-electron chi connectivity index (χ2n) is 11.1. The molecule has 6 rings (SSSR count). The number of fused-ring (bicyclic) bond motifs is 1. The molecule has 6 heteroatoms. The van der Waals surface area contributed by atoms with Crippen LogP contribution >= 0.6 is 0 Å². The van der Waals surface area contributed by atoms with E-state index >= 15 is 0 Å². The summed E-state index contributed by atoms with van der Waals surface area (Å²) in [4.78, 5) is 19.9. The van der Waals surface area contributed by atoms with E-state index in [0.29, 0.717) is 13.2 Å².